The number of carboxylic acids is 1. The molecule has 18 heavy (non-hydrogen) atoms. The minimum atomic E-state index is -1.21. The summed E-state index contributed by atoms with van der Waals surface area (Å²) in [5.41, 5.74) is 0.453. The molecule has 0 fully saturated rings. The quantitative estimate of drug-likeness (QED) is 0.861. The van der Waals surface area contributed by atoms with E-state index in [0.29, 0.717) is 21.5 Å². The van der Waals surface area contributed by atoms with Crippen molar-refractivity contribution in [1.29, 1.82) is 0 Å². The number of halogens is 1. The fourth-order valence-corrected chi connectivity index (χ4v) is 2.32. The van der Waals surface area contributed by atoms with Gasteiger partial charge in [0, 0.05) is 5.02 Å². The van der Waals surface area contributed by atoms with E-state index in [0.717, 1.165) is 11.3 Å². The number of carbonyl (C=O) groups is 1. The van der Waals surface area contributed by atoms with E-state index >= 15 is 0 Å². The number of hydrogen-bond acceptors (Lipinski definition) is 5. The second-order valence-corrected chi connectivity index (χ2v) is 5.07. The van der Waals surface area contributed by atoms with Crippen molar-refractivity contribution in [2.45, 2.75) is 13.5 Å². The van der Waals surface area contributed by atoms with Crippen molar-refractivity contribution < 1.29 is 14.6 Å². The number of aromatic nitrogens is 1. The van der Waals surface area contributed by atoms with Crippen LogP contribution in [0.15, 0.2) is 24.3 Å². The number of carbonyl (C=O) groups excluding carboxylic acids is 1. The summed E-state index contributed by atoms with van der Waals surface area (Å²) in [6.45, 7) is 1.86. The van der Waals surface area contributed by atoms with Crippen LogP contribution in [0, 0.1) is 6.92 Å². The highest BCUT2D eigenvalue weighted by Gasteiger charge is 2.08. The first kappa shape index (κ1) is 12.9. The second-order valence-electron chi connectivity index (χ2n) is 3.55. The molecule has 0 N–H and O–H groups in total. The fourth-order valence-electron chi connectivity index (χ4n) is 1.38. The summed E-state index contributed by atoms with van der Waals surface area (Å²) in [5, 5.41) is 12.0. The third-order valence-electron chi connectivity index (χ3n) is 2.20. The lowest BCUT2D eigenvalue weighted by molar-refractivity contribution is -0.254. The summed E-state index contributed by atoms with van der Waals surface area (Å²) in [5.74, 6) is -0.551. The Morgan fingerprint density at radius 1 is 1.44 bits per heavy atom. The van der Waals surface area contributed by atoms with Crippen molar-refractivity contribution in [3.8, 4) is 5.75 Å². The molecule has 0 amide bonds. The topological polar surface area (TPSA) is 62.2 Å². The Hall–Kier alpha value is -1.59. The summed E-state index contributed by atoms with van der Waals surface area (Å²) in [4.78, 5) is 15.0. The van der Waals surface area contributed by atoms with E-state index in [1.54, 1.807) is 31.2 Å². The summed E-state index contributed by atoms with van der Waals surface area (Å²) in [6, 6.07) is 6.91. The predicted molar refractivity (Wildman–Crippen MR) is 67.0 cm³/mol. The van der Waals surface area contributed by atoms with Gasteiger partial charge in [0.1, 0.15) is 17.4 Å². The number of thiazole rings is 1. The van der Waals surface area contributed by atoms with Gasteiger partial charge in [-0.15, -0.1) is 11.3 Å². The molecule has 2 rings (SSSR count). The van der Waals surface area contributed by atoms with Crippen molar-refractivity contribution >= 4 is 28.9 Å². The predicted octanol–water partition coefficient (Wildman–Crippen LogP) is 2.05. The van der Waals surface area contributed by atoms with Gasteiger partial charge in [0.15, 0.2) is 0 Å². The molecule has 0 atom stereocenters. The van der Waals surface area contributed by atoms with E-state index < -0.39 is 5.97 Å². The van der Waals surface area contributed by atoms with Crippen LogP contribution in [0.25, 0.3) is 0 Å². The Morgan fingerprint density at radius 3 is 2.67 bits per heavy atom. The summed E-state index contributed by atoms with van der Waals surface area (Å²) in [7, 11) is 0. The molecule has 0 aliphatic carbocycles. The van der Waals surface area contributed by atoms with Crippen LogP contribution in [0.3, 0.4) is 0 Å². The minimum absolute atomic E-state index is 0.143. The number of hydrogen-bond donors (Lipinski definition) is 0. The van der Waals surface area contributed by atoms with Crippen LogP contribution in [0.4, 0.5) is 0 Å². The number of benzene rings is 1. The van der Waals surface area contributed by atoms with Gasteiger partial charge in [0.05, 0.1) is 16.5 Å². The Balaban J connectivity index is 2.04. The van der Waals surface area contributed by atoms with Crippen molar-refractivity contribution in [1.82, 2.24) is 4.98 Å². The monoisotopic (exact) mass is 282 g/mol. The van der Waals surface area contributed by atoms with E-state index in [1.807, 2.05) is 0 Å². The lowest BCUT2D eigenvalue weighted by Crippen LogP contribution is -2.21. The molecule has 0 bridgehead atoms. The lowest BCUT2D eigenvalue weighted by Gasteiger charge is -2.03. The number of aromatic carboxylic acids is 1. The van der Waals surface area contributed by atoms with Crippen molar-refractivity contribution in [2.24, 2.45) is 0 Å². The molecule has 0 aliphatic heterocycles. The minimum Gasteiger partial charge on any atom is -0.544 e. The Kier molecular flexibility index (Phi) is 3.84. The summed E-state index contributed by atoms with van der Waals surface area (Å²) in [6.07, 6.45) is 0. The van der Waals surface area contributed by atoms with Gasteiger partial charge in [-0.05, 0) is 31.2 Å². The molecule has 0 saturated heterocycles. The first-order chi connectivity index (χ1) is 8.56. The van der Waals surface area contributed by atoms with Gasteiger partial charge in [-0.1, -0.05) is 11.6 Å². The van der Waals surface area contributed by atoms with E-state index in [-0.39, 0.29) is 11.5 Å². The molecule has 6 heteroatoms. The highest BCUT2D eigenvalue weighted by molar-refractivity contribution is 7.13. The average molecular weight is 283 g/mol. The largest absolute Gasteiger partial charge is 0.544 e. The zero-order chi connectivity index (χ0) is 13.1. The van der Waals surface area contributed by atoms with Crippen LogP contribution < -0.4 is 9.84 Å². The molecule has 0 aliphatic rings. The smallest absolute Gasteiger partial charge is 0.140 e. The van der Waals surface area contributed by atoms with Gasteiger partial charge in [-0.2, -0.15) is 0 Å². The second kappa shape index (κ2) is 5.37. The standard InChI is InChI=1S/C12H10ClNO3S/c1-7-11(12(15)16)18-10(14-7)6-17-9-4-2-8(13)3-5-9/h2-5H,6H2,1H3,(H,15,16)/p-1. The first-order valence-corrected chi connectivity index (χ1v) is 6.31. The van der Waals surface area contributed by atoms with Crippen LogP contribution in [-0.4, -0.2) is 11.0 Å². The molecule has 1 heterocycles. The molecule has 0 radical (unpaired) electrons. The maximum atomic E-state index is 10.8. The Labute approximate surface area is 113 Å². The highest BCUT2D eigenvalue weighted by Crippen LogP contribution is 2.20. The lowest BCUT2D eigenvalue weighted by atomic mass is 10.3. The SMILES string of the molecule is Cc1nc(COc2ccc(Cl)cc2)sc1C(=O)[O-]. The molecular weight excluding hydrogens is 274 g/mol. The van der Waals surface area contributed by atoms with Gasteiger partial charge in [-0.25, -0.2) is 4.98 Å². The number of ether oxygens (including phenoxy) is 1. The van der Waals surface area contributed by atoms with E-state index in [9.17, 15) is 9.90 Å². The maximum Gasteiger partial charge on any atom is 0.140 e. The van der Waals surface area contributed by atoms with Crippen LogP contribution in [0.2, 0.25) is 5.02 Å². The molecule has 0 unspecified atom stereocenters. The number of nitrogens with zero attached hydrogens (tertiary/aromatic N) is 1. The van der Waals surface area contributed by atoms with Gasteiger partial charge in [0.2, 0.25) is 0 Å². The zero-order valence-electron chi connectivity index (χ0n) is 9.47. The van der Waals surface area contributed by atoms with E-state index in [1.165, 1.54) is 0 Å². The zero-order valence-corrected chi connectivity index (χ0v) is 11.0. The maximum absolute atomic E-state index is 10.8. The molecule has 2 aromatic rings. The third-order valence-corrected chi connectivity index (χ3v) is 3.57. The molecule has 0 saturated carbocycles. The molecule has 94 valence electrons. The number of aryl methyl sites for hydroxylation is 1. The van der Waals surface area contributed by atoms with Crippen LogP contribution in [-0.2, 0) is 6.61 Å². The van der Waals surface area contributed by atoms with Gasteiger partial charge < -0.3 is 14.6 Å². The van der Waals surface area contributed by atoms with Crippen molar-refractivity contribution in [2.75, 3.05) is 0 Å². The molecule has 1 aromatic heterocycles. The molecule has 0 spiro atoms. The van der Waals surface area contributed by atoms with Gasteiger partial charge in [0.25, 0.3) is 0 Å². The summed E-state index contributed by atoms with van der Waals surface area (Å²) < 4.78 is 5.47. The molecule has 4 nitrogen and oxygen atoms in total. The molecule has 1 aromatic carbocycles. The van der Waals surface area contributed by atoms with E-state index in [2.05, 4.69) is 4.98 Å². The Bertz CT molecular complexity index is 565. The Morgan fingerprint density at radius 2 is 2.11 bits per heavy atom. The molecular formula is C12H9ClNO3S-. The van der Waals surface area contributed by atoms with Crippen molar-refractivity contribution in [3.05, 3.63) is 44.9 Å². The van der Waals surface area contributed by atoms with Gasteiger partial charge in [-0.3, -0.25) is 0 Å². The van der Waals surface area contributed by atoms with Crippen LogP contribution >= 0.6 is 22.9 Å². The van der Waals surface area contributed by atoms with Crippen molar-refractivity contribution in [3.63, 3.8) is 0 Å². The summed E-state index contributed by atoms with van der Waals surface area (Å²) >= 11 is 6.82. The first-order valence-electron chi connectivity index (χ1n) is 5.12. The fraction of sp³-hybridized carbons (Fsp3) is 0.167. The van der Waals surface area contributed by atoms with Gasteiger partial charge >= 0.3 is 0 Å². The third kappa shape index (κ3) is 3.00. The average Bonchev–Trinajstić information content (AvgIpc) is 2.70. The highest BCUT2D eigenvalue weighted by atomic mass is 35.5. The normalized spacial score (nSPS) is 10.3. The van der Waals surface area contributed by atoms with Crippen LogP contribution in [0.5, 0.6) is 5.75 Å². The van der Waals surface area contributed by atoms with E-state index in [4.69, 9.17) is 16.3 Å². The number of carboxylic acid groups (broad SMARTS) is 1. The van der Waals surface area contributed by atoms with Crippen LogP contribution in [0.1, 0.15) is 20.4 Å². The number of rotatable bonds is 4.